The Bertz CT molecular complexity index is 1250. The monoisotopic (exact) mass is 434 g/mol. The highest BCUT2D eigenvalue weighted by atomic mass is 32.1. The summed E-state index contributed by atoms with van der Waals surface area (Å²) in [6, 6.07) is 13.7. The molecule has 0 saturated heterocycles. The van der Waals surface area contributed by atoms with Gasteiger partial charge in [-0.1, -0.05) is 30.4 Å². The Balaban J connectivity index is 1.50. The molecular formula is C23H22N4O3S. The molecule has 0 aliphatic carbocycles. The third-order valence-corrected chi connectivity index (χ3v) is 6.33. The standard InChI is InChI=1S/C23H22N4O3S/c1-3-10-30-15-6-4-14(5-7-15)17-12-21(28)26-22-18(17)13-24-27(22)23-25-19-9-8-16(29-2)11-20(19)31-23/h4-9,11,13,17H,3,10,12H2,1-2H3,(H,26,28)/t17-/m1/s1. The smallest absolute Gasteiger partial charge is 0.226 e. The van der Waals surface area contributed by atoms with Crippen molar-refractivity contribution in [3.63, 3.8) is 0 Å². The minimum Gasteiger partial charge on any atom is -0.497 e. The van der Waals surface area contributed by atoms with Crippen molar-refractivity contribution in [3.8, 4) is 16.6 Å². The number of methoxy groups -OCH3 is 1. The van der Waals surface area contributed by atoms with Gasteiger partial charge in [0.05, 0.1) is 30.1 Å². The number of benzene rings is 2. The van der Waals surface area contributed by atoms with Crippen molar-refractivity contribution >= 4 is 33.3 Å². The molecule has 1 amide bonds. The van der Waals surface area contributed by atoms with Crippen molar-refractivity contribution in [3.05, 3.63) is 59.8 Å². The number of rotatable bonds is 6. The van der Waals surface area contributed by atoms with Crippen molar-refractivity contribution < 1.29 is 14.3 Å². The molecule has 5 rings (SSSR count). The number of carbonyl (C=O) groups is 1. The molecule has 0 radical (unpaired) electrons. The normalized spacial score (nSPS) is 15.5. The van der Waals surface area contributed by atoms with Gasteiger partial charge in [0, 0.05) is 17.9 Å². The third kappa shape index (κ3) is 3.63. The predicted octanol–water partition coefficient (Wildman–Crippen LogP) is 4.75. The molecule has 1 N–H and O–H groups in total. The van der Waals surface area contributed by atoms with E-state index in [0.717, 1.165) is 39.3 Å². The number of carbonyl (C=O) groups excluding carboxylic acids is 1. The molecule has 1 aliphatic rings. The van der Waals surface area contributed by atoms with Gasteiger partial charge in [-0.2, -0.15) is 9.78 Å². The molecule has 0 bridgehead atoms. The van der Waals surface area contributed by atoms with Crippen LogP contribution in [0.15, 0.2) is 48.7 Å². The quantitative estimate of drug-likeness (QED) is 0.474. The fraction of sp³-hybridized carbons (Fsp3) is 0.261. The molecule has 2 aromatic carbocycles. The van der Waals surface area contributed by atoms with Gasteiger partial charge in [-0.3, -0.25) is 4.79 Å². The molecule has 7 nitrogen and oxygen atoms in total. The van der Waals surface area contributed by atoms with Gasteiger partial charge < -0.3 is 14.8 Å². The molecule has 0 fully saturated rings. The highest BCUT2D eigenvalue weighted by molar-refractivity contribution is 7.20. The highest BCUT2D eigenvalue weighted by Gasteiger charge is 2.31. The van der Waals surface area contributed by atoms with E-state index in [0.29, 0.717) is 24.0 Å². The molecule has 31 heavy (non-hydrogen) atoms. The molecule has 2 aromatic heterocycles. The van der Waals surface area contributed by atoms with Gasteiger partial charge in [0.2, 0.25) is 11.0 Å². The first-order valence-electron chi connectivity index (χ1n) is 10.2. The second-order valence-corrected chi connectivity index (χ2v) is 8.42. The van der Waals surface area contributed by atoms with Crippen LogP contribution in [0.5, 0.6) is 11.5 Å². The zero-order chi connectivity index (χ0) is 21.4. The first-order chi connectivity index (χ1) is 15.2. The number of anilines is 1. The van der Waals surface area contributed by atoms with Crippen LogP contribution in [0, 0.1) is 0 Å². The Kier molecular flexibility index (Phi) is 5.07. The maximum atomic E-state index is 12.5. The summed E-state index contributed by atoms with van der Waals surface area (Å²) in [6.07, 6.45) is 3.17. The van der Waals surface area contributed by atoms with Crippen LogP contribution in [0.3, 0.4) is 0 Å². The molecule has 0 spiro atoms. The van der Waals surface area contributed by atoms with Crippen LogP contribution in [0.2, 0.25) is 0 Å². The Morgan fingerprint density at radius 3 is 2.77 bits per heavy atom. The average Bonchev–Trinajstić information content (AvgIpc) is 3.40. The summed E-state index contributed by atoms with van der Waals surface area (Å²) in [7, 11) is 1.64. The number of fused-ring (bicyclic) bond motifs is 2. The van der Waals surface area contributed by atoms with Gasteiger partial charge in [-0.15, -0.1) is 0 Å². The lowest BCUT2D eigenvalue weighted by molar-refractivity contribution is -0.116. The van der Waals surface area contributed by atoms with E-state index in [-0.39, 0.29) is 11.8 Å². The largest absolute Gasteiger partial charge is 0.497 e. The molecule has 0 unspecified atom stereocenters. The van der Waals surface area contributed by atoms with Crippen LogP contribution >= 0.6 is 11.3 Å². The van der Waals surface area contributed by atoms with Crippen molar-refractivity contribution in [1.29, 1.82) is 0 Å². The van der Waals surface area contributed by atoms with Crippen molar-refractivity contribution in [1.82, 2.24) is 14.8 Å². The van der Waals surface area contributed by atoms with Crippen LogP contribution in [0.4, 0.5) is 5.82 Å². The summed E-state index contributed by atoms with van der Waals surface area (Å²) < 4.78 is 13.7. The molecule has 3 heterocycles. The SMILES string of the molecule is CCCOc1ccc([C@H]2CC(=O)Nc3c2cnn3-c2nc3ccc(OC)cc3s2)cc1. The first kappa shape index (κ1) is 19.6. The van der Waals surface area contributed by atoms with Crippen molar-refractivity contribution in [2.24, 2.45) is 0 Å². The lowest BCUT2D eigenvalue weighted by Gasteiger charge is -2.23. The number of hydrogen-bond acceptors (Lipinski definition) is 6. The maximum absolute atomic E-state index is 12.5. The predicted molar refractivity (Wildman–Crippen MR) is 121 cm³/mol. The van der Waals surface area contributed by atoms with Crippen molar-refractivity contribution in [2.75, 3.05) is 19.0 Å². The Morgan fingerprint density at radius 1 is 1.19 bits per heavy atom. The summed E-state index contributed by atoms with van der Waals surface area (Å²) >= 11 is 1.51. The summed E-state index contributed by atoms with van der Waals surface area (Å²) in [6.45, 7) is 2.77. The Morgan fingerprint density at radius 2 is 2.00 bits per heavy atom. The Hall–Kier alpha value is -3.39. The number of hydrogen-bond donors (Lipinski definition) is 1. The molecule has 4 aromatic rings. The maximum Gasteiger partial charge on any atom is 0.226 e. The van der Waals surface area contributed by atoms with Crippen LogP contribution in [0.1, 0.15) is 36.8 Å². The minimum atomic E-state index is -0.0628. The van der Waals surface area contributed by atoms with E-state index in [2.05, 4.69) is 17.3 Å². The summed E-state index contributed by atoms with van der Waals surface area (Å²) in [5, 5.41) is 8.26. The lowest BCUT2D eigenvalue weighted by atomic mass is 9.87. The first-order valence-corrected chi connectivity index (χ1v) is 11.0. The van der Waals surface area contributed by atoms with Crippen molar-refractivity contribution in [2.45, 2.75) is 25.7 Å². The second kappa shape index (κ2) is 8.03. The Labute approximate surface area is 183 Å². The van der Waals surface area contributed by atoms with Crippen LogP contribution in [0.25, 0.3) is 15.3 Å². The lowest BCUT2D eigenvalue weighted by Crippen LogP contribution is -2.24. The number of aromatic nitrogens is 3. The summed E-state index contributed by atoms with van der Waals surface area (Å²) in [5.41, 5.74) is 2.92. The molecular weight excluding hydrogens is 412 g/mol. The van der Waals surface area contributed by atoms with Gasteiger partial charge in [-0.25, -0.2) is 4.98 Å². The number of amides is 1. The number of ether oxygens (including phenoxy) is 2. The van der Waals surface area contributed by atoms with E-state index in [4.69, 9.17) is 14.5 Å². The van der Waals surface area contributed by atoms with Gasteiger partial charge in [0.25, 0.3) is 0 Å². The zero-order valence-electron chi connectivity index (χ0n) is 17.3. The van der Waals surface area contributed by atoms with E-state index in [1.165, 1.54) is 11.3 Å². The minimum absolute atomic E-state index is 0.0339. The topological polar surface area (TPSA) is 78.3 Å². The van der Waals surface area contributed by atoms with Gasteiger partial charge in [-0.05, 0) is 42.3 Å². The fourth-order valence-electron chi connectivity index (χ4n) is 3.79. The van der Waals surface area contributed by atoms with Gasteiger partial charge >= 0.3 is 0 Å². The van der Waals surface area contributed by atoms with Gasteiger partial charge in [0.1, 0.15) is 17.3 Å². The van der Waals surface area contributed by atoms with E-state index in [1.807, 2.05) is 48.7 Å². The highest BCUT2D eigenvalue weighted by Crippen LogP contribution is 2.39. The van der Waals surface area contributed by atoms with Crippen LogP contribution in [-0.2, 0) is 4.79 Å². The third-order valence-electron chi connectivity index (χ3n) is 5.34. The summed E-state index contributed by atoms with van der Waals surface area (Å²) in [4.78, 5) is 17.2. The second-order valence-electron chi connectivity index (χ2n) is 7.41. The number of nitrogens with one attached hydrogen (secondary N) is 1. The molecule has 158 valence electrons. The van der Waals surface area contributed by atoms with E-state index < -0.39 is 0 Å². The number of thiazole rings is 1. The van der Waals surface area contributed by atoms with E-state index >= 15 is 0 Å². The van der Waals surface area contributed by atoms with E-state index in [9.17, 15) is 4.79 Å². The van der Waals surface area contributed by atoms with Crippen LogP contribution < -0.4 is 14.8 Å². The van der Waals surface area contributed by atoms with Gasteiger partial charge in [0.15, 0.2) is 0 Å². The fourth-order valence-corrected chi connectivity index (χ4v) is 4.75. The molecule has 1 atom stereocenters. The number of nitrogens with zero attached hydrogens (tertiary/aromatic N) is 3. The van der Waals surface area contributed by atoms with Crippen LogP contribution in [-0.4, -0.2) is 34.4 Å². The summed E-state index contributed by atoms with van der Waals surface area (Å²) in [5.74, 6) is 2.20. The van der Waals surface area contributed by atoms with E-state index in [1.54, 1.807) is 11.8 Å². The average molecular weight is 435 g/mol. The molecule has 1 aliphatic heterocycles. The molecule has 8 heteroatoms. The molecule has 0 saturated carbocycles. The zero-order valence-corrected chi connectivity index (χ0v) is 18.1.